The van der Waals surface area contributed by atoms with Crippen LogP contribution in [0.2, 0.25) is 0 Å². The van der Waals surface area contributed by atoms with Gasteiger partial charge in [0.25, 0.3) is 0 Å². The van der Waals surface area contributed by atoms with Crippen molar-refractivity contribution in [2.45, 2.75) is 37.8 Å². The van der Waals surface area contributed by atoms with Crippen molar-refractivity contribution in [1.82, 2.24) is 15.3 Å². The Morgan fingerprint density at radius 2 is 2.05 bits per heavy atom. The van der Waals surface area contributed by atoms with Crippen LogP contribution in [0, 0.1) is 0 Å². The van der Waals surface area contributed by atoms with Gasteiger partial charge in [0, 0.05) is 19.1 Å². The monoisotopic (exact) mass is 276 g/mol. The highest BCUT2D eigenvalue weighted by Gasteiger charge is 2.25. The van der Waals surface area contributed by atoms with Crippen LogP contribution in [0.4, 0.5) is 5.82 Å². The highest BCUT2D eigenvalue weighted by molar-refractivity contribution is 7.17. The van der Waals surface area contributed by atoms with E-state index < -0.39 is 0 Å². The maximum Gasteiger partial charge on any atom is 0.150 e. The highest BCUT2D eigenvalue weighted by Crippen LogP contribution is 2.31. The van der Waals surface area contributed by atoms with E-state index in [2.05, 4.69) is 45.7 Å². The molecule has 2 aromatic rings. The summed E-state index contributed by atoms with van der Waals surface area (Å²) < 4.78 is 1.21. The number of hydrogen-bond donors (Lipinski definition) is 1. The van der Waals surface area contributed by atoms with Gasteiger partial charge in [0.15, 0.2) is 0 Å². The molecular formula is C14H20N4S. The second-order valence-corrected chi connectivity index (χ2v) is 6.15. The van der Waals surface area contributed by atoms with Crippen LogP contribution < -0.4 is 10.2 Å². The van der Waals surface area contributed by atoms with Gasteiger partial charge in [-0.3, -0.25) is 0 Å². The number of thiophene rings is 1. The predicted octanol–water partition coefficient (Wildman–Crippen LogP) is 2.66. The Balaban J connectivity index is 1.80. The van der Waals surface area contributed by atoms with Gasteiger partial charge in [-0.15, -0.1) is 11.3 Å². The summed E-state index contributed by atoms with van der Waals surface area (Å²) in [7, 11) is 4.24. The first-order chi connectivity index (χ1) is 9.29. The third kappa shape index (κ3) is 2.44. The van der Waals surface area contributed by atoms with Crippen LogP contribution in [0.1, 0.15) is 25.7 Å². The van der Waals surface area contributed by atoms with Gasteiger partial charge in [-0.05, 0) is 44.2 Å². The number of fused-ring (bicyclic) bond motifs is 1. The molecule has 1 aliphatic carbocycles. The fourth-order valence-corrected chi connectivity index (χ4v) is 3.83. The zero-order valence-corrected chi connectivity index (χ0v) is 12.3. The van der Waals surface area contributed by atoms with Gasteiger partial charge in [-0.25, -0.2) is 9.97 Å². The van der Waals surface area contributed by atoms with Crippen molar-refractivity contribution < 1.29 is 0 Å². The summed E-state index contributed by atoms with van der Waals surface area (Å²) in [4.78, 5) is 11.2. The lowest BCUT2D eigenvalue weighted by Gasteiger charge is -2.35. The summed E-state index contributed by atoms with van der Waals surface area (Å²) in [5.74, 6) is 1.09. The van der Waals surface area contributed by atoms with E-state index in [9.17, 15) is 0 Å². The standard InChI is InChI=1S/C14H20N4S/c1-15-10-3-5-11(6-4-10)18(2)14-13-12(7-8-19-13)16-9-17-14/h7-11,15H,3-6H2,1-2H3. The summed E-state index contributed by atoms with van der Waals surface area (Å²) in [6.07, 6.45) is 6.66. The first-order valence-corrected chi connectivity index (χ1v) is 7.76. The van der Waals surface area contributed by atoms with Crippen LogP contribution in [0.5, 0.6) is 0 Å². The van der Waals surface area contributed by atoms with Gasteiger partial charge in [0.05, 0.1) is 10.2 Å². The molecule has 0 amide bonds. The van der Waals surface area contributed by atoms with E-state index in [-0.39, 0.29) is 0 Å². The molecule has 0 radical (unpaired) electrons. The summed E-state index contributed by atoms with van der Waals surface area (Å²) in [5, 5.41) is 5.48. The number of anilines is 1. The van der Waals surface area contributed by atoms with E-state index in [0.29, 0.717) is 12.1 Å². The fraction of sp³-hybridized carbons (Fsp3) is 0.571. The van der Waals surface area contributed by atoms with E-state index in [1.54, 1.807) is 17.7 Å². The molecule has 0 aromatic carbocycles. The van der Waals surface area contributed by atoms with Crippen molar-refractivity contribution in [2.24, 2.45) is 0 Å². The topological polar surface area (TPSA) is 41.0 Å². The molecule has 3 rings (SSSR count). The summed E-state index contributed by atoms with van der Waals surface area (Å²) in [5.41, 5.74) is 1.06. The second kappa shape index (κ2) is 5.43. The minimum atomic E-state index is 0.602. The SMILES string of the molecule is CNC1CCC(N(C)c2ncnc3ccsc23)CC1. The van der Waals surface area contributed by atoms with Crippen LogP contribution >= 0.6 is 11.3 Å². The second-order valence-electron chi connectivity index (χ2n) is 5.24. The lowest BCUT2D eigenvalue weighted by molar-refractivity contribution is 0.351. The molecule has 0 unspecified atom stereocenters. The molecule has 0 atom stereocenters. The number of aromatic nitrogens is 2. The maximum absolute atomic E-state index is 4.50. The van der Waals surface area contributed by atoms with E-state index >= 15 is 0 Å². The van der Waals surface area contributed by atoms with Gasteiger partial charge in [-0.2, -0.15) is 0 Å². The molecular weight excluding hydrogens is 256 g/mol. The lowest BCUT2D eigenvalue weighted by atomic mass is 9.90. The normalized spacial score (nSPS) is 23.7. The third-order valence-electron chi connectivity index (χ3n) is 4.21. The highest BCUT2D eigenvalue weighted by atomic mass is 32.1. The molecule has 1 saturated carbocycles. The Bertz CT molecular complexity index is 545. The van der Waals surface area contributed by atoms with Crippen molar-refractivity contribution in [3.8, 4) is 0 Å². The Hall–Kier alpha value is -1.20. The van der Waals surface area contributed by atoms with Crippen LogP contribution in [-0.2, 0) is 0 Å². The molecule has 5 heteroatoms. The lowest BCUT2D eigenvalue weighted by Crippen LogP contribution is -2.40. The van der Waals surface area contributed by atoms with Crippen LogP contribution in [0.3, 0.4) is 0 Å². The summed E-state index contributed by atoms with van der Waals surface area (Å²) in [6, 6.07) is 3.36. The van der Waals surface area contributed by atoms with E-state index in [1.165, 1.54) is 30.4 Å². The molecule has 2 heterocycles. The molecule has 1 N–H and O–H groups in total. The Morgan fingerprint density at radius 3 is 2.79 bits per heavy atom. The zero-order valence-electron chi connectivity index (χ0n) is 11.5. The van der Waals surface area contributed by atoms with Crippen molar-refractivity contribution in [3.05, 3.63) is 17.8 Å². The number of rotatable bonds is 3. The van der Waals surface area contributed by atoms with E-state index in [4.69, 9.17) is 0 Å². The fourth-order valence-electron chi connectivity index (χ4n) is 2.95. The largest absolute Gasteiger partial charge is 0.355 e. The average Bonchev–Trinajstić information content (AvgIpc) is 2.95. The molecule has 0 spiro atoms. The van der Waals surface area contributed by atoms with Crippen LogP contribution in [0.25, 0.3) is 10.2 Å². The van der Waals surface area contributed by atoms with Crippen molar-refractivity contribution >= 4 is 27.4 Å². The molecule has 1 aliphatic rings. The number of nitrogens with one attached hydrogen (secondary N) is 1. The van der Waals surface area contributed by atoms with Crippen molar-refractivity contribution in [3.63, 3.8) is 0 Å². The maximum atomic E-state index is 4.50. The molecule has 4 nitrogen and oxygen atoms in total. The molecule has 0 saturated heterocycles. The van der Waals surface area contributed by atoms with Gasteiger partial charge in [-0.1, -0.05) is 0 Å². The molecule has 0 bridgehead atoms. The van der Waals surface area contributed by atoms with Gasteiger partial charge in [0.2, 0.25) is 0 Å². The van der Waals surface area contributed by atoms with Gasteiger partial charge in [0.1, 0.15) is 12.1 Å². The Labute approximate surface area is 117 Å². The van der Waals surface area contributed by atoms with Gasteiger partial charge < -0.3 is 10.2 Å². The van der Waals surface area contributed by atoms with E-state index in [1.807, 2.05) is 0 Å². The summed E-state index contributed by atoms with van der Waals surface area (Å²) in [6.45, 7) is 0. The predicted molar refractivity (Wildman–Crippen MR) is 80.9 cm³/mol. The van der Waals surface area contributed by atoms with Gasteiger partial charge >= 0.3 is 0 Å². The quantitative estimate of drug-likeness (QED) is 0.935. The average molecular weight is 276 g/mol. The zero-order chi connectivity index (χ0) is 13.2. The molecule has 102 valence electrons. The van der Waals surface area contributed by atoms with Crippen molar-refractivity contribution in [1.29, 1.82) is 0 Å². The minimum absolute atomic E-state index is 0.602. The smallest absolute Gasteiger partial charge is 0.150 e. The number of hydrogen-bond acceptors (Lipinski definition) is 5. The first kappa shape index (κ1) is 12.8. The molecule has 1 fully saturated rings. The Morgan fingerprint density at radius 1 is 1.26 bits per heavy atom. The first-order valence-electron chi connectivity index (χ1n) is 6.88. The van der Waals surface area contributed by atoms with Crippen LogP contribution in [0.15, 0.2) is 17.8 Å². The molecule has 0 aliphatic heterocycles. The minimum Gasteiger partial charge on any atom is -0.355 e. The summed E-state index contributed by atoms with van der Waals surface area (Å²) >= 11 is 1.73. The van der Waals surface area contributed by atoms with Crippen LogP contribution in [-0.4, -0.2) is 36.1 Å². The van der Waals surface area contributed by atoms with Crippen molar-refractivity contribution in [2.75, 3.05) is 19.0 Å². The number of nitrogens with zero attached hydrogens (tertiary/aromatic N) is 3. The molecule has 19 heavy (non-hydrogen) atoms. The van der Waals surface area contributed by atoms with E-state index in [0.717, 1.165) is 11.3 Å². The Kier molecular flexibility index (Phi) is 3.66. The third-order valence-corrected chi connectivity index (χ3v) is 5.11. The molecule has 2 aromatic heterocycles.